The van der Waals surface area contributed by atoms with Crippen LogP contribution in [0.4, 0.5) is 11.5 Å². The summed E-state index contributed by atoms with van der Waals surface area (Å²) >= 11 is 0. The monoisotopic (exact) mass is 420 g/mol. The fourth-order valence-electron chi connectivity index (χ4n) is 5.00. The van der Waals surface area contributed by atoms with Crippen LogP contribution in [0.15, 0.2) is 36.7 Å². The van der Waals surface area contributed by atoms with Gasteiger partial charge < -0.3 is 25.3 Å². The van der Waals surface area contributed by atoms with Gasteiger partial charge in [-0.25, -0.2) is 9.97 Å². The predicted octanol–water partition coefficient (Wildman–Crippen LogP) is 3.65. The van der Waals surface area contributed by atoms with E-state index in [4.69, 9.17) is 9.72 Å². The van der Waals surface area contributed by atoms with E-state index in [9.17, 15) is 0 Å². The van der Waals surface area contributed by atoms with Crippen molar-refractivity contribution in [2.45, 2.75) is 51.2 Å². The van der Waals surface area contributed by atoms with Crippen molar-refractivity contribution < 1.29 is 4.74 Å². The third-order valence-electron chi connectivity index (χ3n) is 6.40. The first-order valence-electron chi connectivity index (χ1n) is 11.4. The van der Waals surface area contributed by atoms with Crippen LogP contribution in [-0.2, 0) is 11.3 Å². The summed E-state index contributed by atoms with van der Waals surface area (Å²) in [5.74, 6) is 1.58. The number of ether oxygens (including phenoxy) is 1. The molecular formula is C24H32N6O. The third kappa shape index (κ3) is 4.38. The Morgan fingerprint density at radius 3 is 2.74 bits per heavy atom. The number of aromatic nitrogens is 3. The van der Waals surface area contributed by atoms with Crippen LogP contribution >= 0.6 is 0 Å². The molecule has 0 aliphatic carbocycles. The minimum atomic E-state index is 0.467. The molecule has 0 aromatic carbocycles. The predicted molar refractivity (Wildman–Crippen MR) is 125 cm³/mol. The maximum Gasteiger partial charge on any atom is 0.139 e. The number of hydrogen-bond donors (Lipinski definition) is 3. The summed E-state index contributed by atoms with van der Waals surface area (Å²) in [5.41, 5.74) is 4.45. The second kappa shape index (κ2) is 8.85. The zero-order chi connectivity index (χ0) is 21.2. The van der Waals surface area contributed by atoms with Crippen LogP contribution in [0.25, 0.3) is 11.0 Å². The number of H-pyrrole nitrogens is 1. The van der Waals surface area contributed by atoms with Crippen LogP contribution in [0, 0.1) is 0 Å². The van der Waals surface area contributed by atoms with E-state index in [0.29, 0.717) is 24.5 Å². The van der Waals surface area contributed by atoms with Gasteiger partial charge in [0, 0.05) is 61.9 Å². The summed E-state index contributed by atoms with van der Waals surface area (Å²) in [6.45, 7) is 8.78. The standard InChI is InChI=1S/C24H32N6O/c1-16-14-30(15-17(2)28-16)22-5-3-4-19(29-22)12-26-21-6-9-25-24-23(21)20(13-27-24)18-7-10-31-11-8-18/h3-6,9,13,16-18,28H,7-8,10-12,14-15H2,1-2H3,(H2,25,26,27)/t16-,17+. The van der Waals surface area contributed by atoms with Crippen LogP contribution in [0.2, 0.25) is 0 Å². The van der Waals surface area contributed by atoms with Gasteiger partial charge in [-0.1, -0.05) is 6.07 Å². The van der Waals surface area contributed by atoms with E-state index in [2.05, 4.69) is 69.8 Å². The minimum absolute atomic E-state index is 0.467. The normalized spacial score (nSPS) is 22.7. The molecule has 0 bridgehead atoms. The molecule has 3 aromatic heterocycles. The average molecular weight is 421 g/mol. The molecule has 0 spiro atoms. The fraction of sp³-hybridized carbons (Fsp3) is 0.500. The summed E-state index contributed by atoms with van der Waals surface area (Å²) < 4.78 is 5.56. The minimum Gasteiger partial charge on any atom is -0.381 e. The quantitative estimate of drug-likeness (QED) is 0.585. The molecule has 5 rings (SSSR count). The zero-order valence-electron chi connectivity index (χ0n) is 18.4. The highest BCUT2D eigenvalue weighted by molar-refractivity contribution is 5.92. The molecule has 31 heavy (non-hydrogen) atoms. The molecule has 2 saturated heterocycles. The first-order valence-corrected chi connectivity index (χ1v) is 11.4. The first-order chi connectivity index (χ1) is 15.2. The highest BCUT2D eigenvalue weighted by atomic mass is 16.5. The number of hydrogen-bond acceptors (Lipinski definition) is 6. The molecule has 2 fully saturated rings. The molecule has 2 aliphatic rings. The van der Waals surface area contributed by atoms with Crippen molar-refractivity contribution in [2.75, 3.05) is 36.5 Å². The number of piperazine rings is 1. The highest BCUT2D eigenvalue weighted by Crippen LogP contribution is 2.35. The molecule has 0 unspecified atom stereocenters. The number of nitrogens with zero attached hydrogens (tertiary/aromatic N) is 3. The molecule has 0 saturated carbocycles. The van der Waals surface area contributed by atoms with Gasteiger partial charge in [0.2, 0.25) is 0 Å². The summed E-state index contributed by atoms with van der Waals surface area (Å²) in [6, 6.07) is 9.34. The Morgan fingerprint density at radius 2 is 1.94 bits per heavy atom. The number of anilines is 2. The third-order valence-corrected chi connectivity index (χ3v) is 6.40. The topological polar surface area (TPSA) is 78.1 Å². The molecule has 3 aromatic rings. The second-order valence-electron chi connectivity index (χ2n) is 8.93. The second-order valence-corrected chi connectivity index (χ2v) is 8.93. The fourth-order valence-corrected chi connectivity index (χ4v) is 5.00. The largest absolute Gasteiger partial charge is 0.381 e. The molecule has 2 atom stereocenters. The Bertz CT molecular complexity index is 1020. The average Bonchev–Trinajstić information content (AvgIpc) is 3.23. The van der Waals surface area contributed by atoms with Crippen LogP contribution in [0.3, 0.4) is 0 Å². The van der Waals surface area contributed by atoms with Crippen LogP contribution < -0.4 is 15.5 Å². The summed E-state index contributed by atoms with van der Waals surface area (Å²) in [4.78, 5) is 15.3. The van der Waals surface area contributed by atoms with E-state index in [1.54, 1.807) is 0 Å². The zero-order valence-corrected chi connectivity index (χ0v) is 18.4. The van der Waals surface area contributed by atoms with Crippen molar-refractivity contribution in [3.8, 4) is 0 Å². The van der Waals surface area contributed by atoms with Gasteiger partial charge in [0.15, 0.2) is 0 Å². The van der Waals surface area contributed by atoms with Gasteiger partial charge in [0.1, 0.15) is 11.5 Å². The Balaban J connectivity index is 1.35. The van der Waals surface area contributed by atoms with Gasteiger partial charge in [-0.05, 0) is 56.4 Å². The molecule has 5 heterocycles. The Morgan fingerprint density at radius 1 is 1.13 bits per heavy atom. The number of pyridine rings is 2. The Labute approximate surface area is 183 Å². The van der Waals surface area contributed by atoms with E-state index in [1.807, 2.05) is 6.20 Å². The van der Waals surface area contributed by atoms with Crippen molar-refractivity contribution in [1.82, 2.24) is 20.3 Å². The number of nitrogens with one attached hydrogen (secondary N) is 3. The Hall–Kier alpha value is -2.64. The van der Waals surface area contributed by atoms with Gasteiger partial charge in [-0.2, -0.15) is 0 Å². The van der Waals surface area contributed by atoms with E-state index >= 15 is 0 Å². The van der Waals surface area contributed by atoms with Gasteiger partial charge >= 0.3 is 0 Å². The molecule has 0 amide bonds. The van der Waals surface area contributed by atoms with Crippen molar-refractivity contribution >= 4 is 22.5 Å². The van der Waals surface area contributed by atoms with Gasteiger partial charge in [-0.15, -0.1) is 0 Å². The summed E-state index contributed by atoms with van der Waals surface area (Å²) in [5, 5.41) is 8.43. The maximum absolute atomic E-state index is 5.56. The SMILES string of the molecule is C[C@@H]1CN(c2cccc(CNc3ccnc4[nH]cc(C5CCOCC5)c34)n2)C[C@H](C)N1. The van der Waals surface area contributed by atoms with Crippen LogP contribution in [-0.4, -0.2) is 53.3 Å². The van der Waals surface area contributed by atoms with Gasteiger partial charge in [0.05, 0.1) is 12.2 Å². The lowest BCUT2D eigenvalue weighted by Gasteiger charge is -2.37. The smallest absolute Gasteiger partial charge is 0.139 e. The van der Waals surface area contributed by atoms with Crippen LogP contribution in [0.1, 0.15) is 43.9 Å². The van der Waals surface area contributed by atoms with Crippen molar-refractivity contribution in [2.24, 2.45) is 0 Å². The first kappa shape index (κ1) is 20.3. The molecule has 2 aliphatic heterocycles. The number of rotatable bonds is 5. The maximum atomic E-state index is 5.56. The molecule has 7 heteroatoms. The highest BCUT2D eigenvalue weighted by Gasteiger charge is 2.23. The Kier molecular flexibility index (Phi) is 5.78. The van der Waals surface area contributed by atoms with Crippen LogP contribution in [0.5, 0.6) is 0 Å². The van der Waals surface area contributed by atoms with E-state index in [-0.39, 0.29) is 0 Å². The lowest BCUT2D eigenvalue weighted by molar-refractivity contribution is 0.0856. The van der Waals surface area contributed by atoms with E-state index < -0.39 is 0 Å². The lowest BCUT2D eigenvalue weighted by atomic mass is 9.91. The lowest BCUT2D eigenvalue weighted by Crippen LogP contribution is -2.54. The van der Waals surface area contributed by atoms with E-state index in [1.165, 1.54) is 10.9 Å². The molecule has 3 N–H and O–H groups in total. The van der Waals surface area contributed by atoms with Gasteiger partial charge in [0.25, 0.3) is 0 Å². The van der Waals surface area contributed by atoms with Gasteiger partial charge in [-0.3, -0.25) is 0 Å². The molecule has 164 valence electrons. The molecular weight excluding hydrogens is 388 g/mol. The van der Waals surface area contributed by atoms with Crippen molar-refractivity contribution in [1.29, 1.82) is 0 Å². The number of fused-ring (bicyclic) bond motifs is 1. The van der Waals surface area contributed by atoms with Crippen molar-refractivity contribution in [3.63, 3.8) is 0 Å². The molecule has 0 radical (unpaired) electrons. The van der Waals surface area contributed by atoms with E-state index in [0.717, 1.165) is 62.0 Å². The summed E-state index contributed by atoms with van der Waals surface area (Å²) in [6.07, 6.45) is 6.12. The molecule has 7 nitrogen and oxygen atoms in total. The number of aromatic amines is 1. The summed E-state index contributed by atoms with van der Waals surface area (Å²) in [7, 11) is 0. The van der Waals surface area contributed by atoms with Crippen molar-refractivity contribution in [3.05, 3.63) is 47.9 Å².